The summed E-state index contributed by atoms with van der Waals surface area (Å²) < 4.78 is 0. The predicted octanol–water partition coefficient (Wildman–Crippen LogP) is 3.12. The van der Waals surface area contributed by atoms with Gasteiger partial charge in [0.25, 0.3) is 0 Å². The van der Waals surface area contributed by atoms with E-state index in [1.807, 2.05) is 0 Å². The second-order valence-electron chi connectivity index (χ2n) is 5.95. The van der Waals surface area contributed by atoms with Gasteiger partial charge in [-0.2, -0.15) is 0 Å². The minimum atomic E-state index is -0.238. The van der Waals surface area contributed by atoms with Crippen molar-refractivity contribution in [3.05, 3.63) is 0 Å². The molecule has 3 aliphatic rings. The van der Waals surface area contributed by atoms with Crippen LogP contribution in [0.2, 0.25) is 0 Å². The summed E-state index contributed by atoms with van der Waals surface area (Å²) in [6.45, 7) is 0. The van der Waals surface area contributed by atoms with Crippen LogP contribution in [0.3, 0.4) is 0 Å². The third-order valence-corrected chi connectivity index (χ3v) is 5.15. The highest BCUT2D eigenvalue weighted by Crippen LogP contribution is 2.54. The van der Waals surface area contributed by atoms with Crippen molar-refractivity contribution in [1.82, 2.24) is 0 Å². The zero-order valence-corrected chi connectivity index (χ0v) is 9.04. The van der Waals surface area contributed by atoms with Gasteiger partial charge in [-0.3, -0.25) is 0 Å². The molecule has 0 radical (unpaired) electrons. The van der Waals surface area contributed by atoms with E-state index in [0.29, 0.717) is 5.92 Å². The Balaban J connectivity index is 1.74. The van der Waals surface area contributed by atoms with Crippen LogP contribution in [0.5, 0.6) is 0 Å². The van der Waals surface area contributed by atoms with E-state index in [1.165, 1.54) is 44.9 Å². The zero-order valence-electron chi connectivity index (χ0n) is 9.04. The summed E-state index contributed by atoms with van der Waals surface area (Å²) >= 11 is 0. The topological polar surface area (TPSA) is 20.2 Å². The van der Waals surface area contributed by atoms with Gasteiger partial charge in [-0.1, -0.05) is 25.7 Å². The van der Waals surface area contributed by atoms with Gasteiger partial charge in [0.05, 0.1) is 5.60 Å². The van der Waals surface area contributed by atoms with E-state index in [2.05, 4.69) is 0 Å². The Kier molecular flexibility index (Phi) is 2.12. The Morgan fingerprint density at radius 3 is 2.29 bits per heavy atom. The van der Waals surface area contributed by atoms with Crippen LogP contribution in [0.15, 0.2) is 0 Å². The zero-order chi connectivity index (χ0) is 9.60. The van der Waals surface area contributed by atoms with Crippen LogP contribution in [-0.4, -0.2) is 10.7 Å². The molecule has 80 valence electrons. The average Bonchev–Trinajstić information content (AvgIpc) is 2.80. The molecule has 3 atom stereocenters. The maximum atomic E-state index is 10.7. The Bertz CT molecular complexity index is 217. The lowest BCUT2D eigenvalue weighted by atomic mass is 9.69. The lowest BCUT2D eigenvalue weighted by molar-refractivity contribution is -0.0678. The Morgan fingerprint density at radius 2 is 1.71 bits per heavy atom. The molecule has 0 aromatic rings. The first-order valence-electron chi connectivity index (χ1n) is 6.50. The molecule has 0 aromatic heterocycles. The van der Waals surface area contributed by atoms with Gasteiger partial charge in [-0.15, -0.1) is 0 Å². The molecule has 3 fully saturated rings. The van der Waals surface area contributed by atoms with Crippen molar-refractivity contribution in [3.8, 4) is 0 Å². The maximum Gasteiger partial charge on any atom is 0.0678 e. The number of aliphatic hydroxyl groups is 1. The van der Waals surface area contributed by atoms with Crippen molar-refractivity contribution in [2.24, 2.45) is 17.8 Å². The summed E-state index contributed by atoms with van der Waals surface area (Å²) in [5, 5.41) is 10.7. The Hall–Kier alpha value is -0.0400. The van der Waals surface area contributed by atoms with Gasteiger partial charge in [-0.05, 0) is 49.9 Å². The van der Waals surface area contributed by atoms with Crippen molar-refractivity contribution >= 4 is 0 Å². The summed E-state index contributed by atoms with van der Waals surface area (Å²) in [5.74, 6) is 2.56. The molecule has 0 amide bonds. The molecule has 1 nitrogen and oxygen atoms in total. The van der Waals surface area contributed by atoms with E-state index >= 15 is 0 Å². The molecular formula is C13H22O. The fraction of sp³-hybridized carbons (Fsp3) is 1.00. The minimum absolute atomic E-state index is 0.238. The van der Waals surface area contributed by atoms with Crippen LogP contribution in [0, 0.1) is 17.8 Å². The molecular weight excluding hydrogens is 172 g/mol. The molecule has 3 rings (SSSR count). The first kappa shape index (κ1) is 9.21. The molecule has 0 heterocycles. The fourth-order valence-electron chi connectivity index (χ4n) is 4.44. The van der Waals surface area contributed by atoms with Crippen molar-refractivity contribution in [2.75, 3.05) is 0 Å². The second kappa shape index (κ2) is 3.23. The number of hydrogen-bond acceptors (Lipinski definition) is 1. The molecule has 14 heavy (non-hydrogen) atoms. The normalized spacial score (nSPS) is 45.6. The molecule has 0 spiro atoms. The van der Waals surface area contributed by atoms with E-state index in [-0.39, 0.29) is 5.60 Å². The number of hydrogen-bond donors (Lipinski definition) is 1. The molecule has 1 heteroatoms. The highest BCUT2D eigenvalue weighted by Gasteiger charge is 2.49. The van der Waals surface area contributed by atoms with Crippen LogP contribution in [0.4, 0.5) is 0 Å². The minimum Gasteiger partial charge on any atom is -0.390 e. The number of fused-ring (bicyclic) bond motifs is 2. The molecule has 0 saturated heterocycles. The SMILES string of the molecule is OC1(C2CC3CCC2C3)CCCCC1. The first-order valence-corrected chi connectivity index (χ1v) is 6.50. The lowest BCUT2D eigenvalue weighted by Gasteiger charge is -2.41. The fourth-order valence-corrected chi connectivity index (χ4v) is 4.44. The number of rotatable bonds is 1. The molecule has 0 aliphatic heterocycles. The van der Waals surface area contributed by atoms with Gasteiger partial charge in [0, 0.05) is 0 Å². The summed E-state index contributed by atoms with van der Waals surface area (Å²) in [6, 6.07) is 0. The van der Waals surface area contributed by atoms with Crippen LogP contribution in [-0.2, 0) is 0 Å². The Labute approximate surface area is 86.9 Å². The van der Waals surface area contributed by atoms with Gasteiger partial charge in [-0.25, -0.2) is 0 Å². The van der Waals surface area contributed by atoms with Crippen molar-refractivity contribution in [2.45, 2.75) is 63.4 Å². The highest BCUT2D eigenvalue weighted by atomic mass is 16.3. The van der Waals surface area contributed by atoms with E-state index in [1.54, 1.807) is 0 Å². The van der Waals surface area contributed by atoms with Crippen molar-refractivity contribution < 1.29 is 5.11 Å². The smallest absolute Gasteiger partial charge is 0.0678 e. The van der Waals surface area contributed by atoms with Gasteiger partial charge in [0.1, 0.15) is 0 Å². The second-order valence-corrected chi connectivity index (χ2v) is 5.95. The van der Waals surface area contributed by atoms with Crippen LogP contribution in [0.1, 0.15) is 57.8 Å². The molecule has 1 N–H and O–H groups in total. The van der Waals surface area contributed by atoms with Gasteiger partial charge in [0.15, 0.2) is 0 Å². The van der Waals surface area contributed by atoms with Crippen LogP contribution < -0.4 is 0 Å². The van der Waals surface area contributed by atoms with E-state index in [4.69, 9.17) is 0 Å². The Morgan fingerprint density at radius 1 is 0.929 bits per heavy atom. The average molecular weight is 194 g/mol. The largest absolute Gasteiger partial charge is 0.390 e. The van der Waals surface area contributed by atoms with Crippen LogP contribution >= 0.6 is 0 Å². The summed E-state index contributed by atoms with van der Waals surface area (Å²) in [4.78, 5) is 0. The quantitative estimate of drug-likeness (QED) is 0.680. The summed E-state index contributed by atoms with van der Waals surface area (Å²) in [5.41, 5.74) is -0.238. The summed E-state index contributed by atoms with van der Waals surface area (Å²) in [7, 11) is 0. The summed E-state index contributed by atoms with van der Waals surface area (Å²) in [6.07, 6.45) is 11.7. The predicted molar refractivity (Wildman–Crippen MR) is 57.0 cm³/mol. The van der Waals surface area contributed by atoms with Crippen molar-refractivity contribution in [1.29, 1.82) is 0 Å². The molecule has 3 saturated carbocycles. The molecule has 3 aliphatic carbocycles. The highest BCUT2D eigenvalue weighted by molar-refractivity contribution is 5.00. The lowest BCUT2D eigenvalue weighted by Crippen LogP contribution is -2.42. The van der Waals surface area contributed by atoms with E-state index in [0.717, 1.165) is 24.7 Å². The first-order chi connectivity index (χ1) is 6.78. The maximum absolute atomic E-state index is 10.7. The molecule has 0 aromatic carbocycles. The van der Waals surface area contributed by atoms with E-state index in [9.17, 15) is 5.11 Å². The van der Waals surface area contributed by atoms with Crippen molar-refractivity contribution in [3.63, 3.8) is 0 Å². The van der Waals surface area contributed by atoms with Gasteiger partial charge < -0.3 is 5.11 Å². The standard InChI is InChI=1S/C13H22O/c14-13(6-2-1-3-7-13)12-9-10-4-5-11(12)8-10/h10-12,14H,1-9H2. The molecule has 2 bridgehead atoms. The third kappa shape index (κ3) is 1.32. The van der Waals surface area contributed by atoms with Gasteiger partial charge in [0.2, 0.25) is 0 Å². The van der Waals surface area contributed by atoms with Gasteiger partial charge >= 0.3 is 0 Å². The third-order valence-electron chi connectivity index (χ3n) is 5.15. The monoisotopic (exact) mass is 194 g/mol. The van der Waals surface area contributed by atoms with E-state index < -0.39 is 0 Å². The molecule has 3 unspecified atom stereocenters. The van der Waals surface area contributed by atoms with Crippen LogP contribution in [0.25, 0.3) is 0 Å².